The molecule has 0 spiro atoms. The van der Waals surface area contributed by atoms with Crippen LogP contribution in [0.3, 0.4) is 0 Å². The highest BCUT2D eigenvalue weighted by Crippen LogP contribution is 2.16. The van der Waals surface area contributed by atoms with Gasteiger partial charge in [-0.25, -0.2) is 4.39 Å². The predicted molar refractivity (Wildman–Crippen MR) is 103 cm³/mol. The smallest absolute Gasteiger partial charge is 0.242 e. The van der Waals surface area contributed by atoms with Crippen LogP contribution in [-0.4, -0.2) is 35.6 Å². The molecule has 1 N–H and O–H groups in total. The van der Waals surface area contributed by atoms with E-state index in [1.165, 1.54) is 23.9 Å². The fourth-order valence-corrected chi connectivity index (χ4v) is 3.36. The number of hydrogen-bond acceptors (Lipinski definition) is 3. The van der Waals surface area contributed by atoms with Crippen LogP contribution < -0.4 is 5.32 Å². The normalized spacial score (nSPS) is 11.7. The molecule has 1 atom stereocenters. The van der Waals surface area contributed by atoms with E-state index in [1.54, 1.807) is 31.0 Å². The minimum absolute atomic E-state index is 0.0999. The Morgan fingerprint density at radius 3 is 2.35 bits per heavy atom. The lowest BCUT2D eigenvalue weighted by atomic mass is 10.1. The zero-order valence-corrected chi connectivity index (χ0v) is 15.8. The quantitative estimate of drug-likeness (QED) is 0.772. The SMILES string of the molecule is CNC(=O)[C@@H](C)N(Cc1ccccc1)C(=O)CSCc1ccc(F)cc1. The molecule has 2 aromatic carbocycles. The fraction of sp³-hybridized carbons (Fsp3) is 0.300. The Hall–Kier alpha value is -2.34. The van der Waals surface area contributed by atoms with Crippen molar-refractivity contribution in [2.45, 2.75) is 25.3 Å². The number of thioether (sulfide) groups is 1. The highest BCUT2D eigenvalue weighted by atomic mass is 32.2. The van der Waals surface area contributed by atoms with Crippen LogP contribution in [0.4, 0.5) is 4.39 Å². The summed E-state index contributed by atoms with van der Waals surface area (Å²) in [6, 6.07) is 15.3. The number of nitrogens with one attached hydrogen (secondary N) is 1. The van der Waals surface area contributed by atoms with E-state index in [0.717, 1.165) is 11.1 Å². The highest BCUT2D eigenvalue weighted by molar-refractivity contribution is 7.99. The lowest BCUT2D eigenvalue weighted by molar-refractivity contribution is -0.138. The lowest BCUT2D eigenvalue weighted by Gasteiger charge is -2.28. The van der Waals surface area contributed by atoms with E-state index < -0.39 is 6.04 Å². The number of nitrogens with zero attached hydrogens (tertiary/aromatic N) is 1. The van der Waals surface area contributed by atoms with E-state index in [0.29, 0.717) is 12.3 Å². The van der Waals surface area contributed by atoms with Crippen molar-refractivity contribution in [1.29, 1.82) is 0 Å². The summed E-state index contributed by atoms with van der Waals surface area (Å²) in [5.41, 5.74) is 1.93. The van der Waals surface area contributed by atoms with Crippen molar-refractivity contribution in [3.63, 3.8) is 0 Å². The number of likely N-dealkylation sites (N-methyl/N-ethyl adjacent to an activating group) is 1. The molecule has 0 aliphatic rings. The predicted octanol–water partition coefficient (Wildman–Crippen LogP) is 3.22. The van der Waals surface area contributed by atoms with Crippen LogP contribution in [0.5, 0.6) is 0 Å². The number of halogens is 1. The third-order valence-corrected chi connectivity index (χ3v) is 5.01. The number of carbonyl (C=O) groups is 2. The van der Waals surface area contributed by atoms with E-state index in [1.807, 2.05) is 30.3 Å². The molecular formula is C20H23FN2O2S. The standard InChI is InChI=1S/C20H23FN2O2S/c1-15(20(25)22-2)23(12-16-6-4-3-5-7-16)19(24)14-26-13-17-8-10-18(21)11-9-17/h3-11,15H,12-14H2,1-2H3,(H,22,25)/t15-/m1/s1. The van der Waals surface area contributed by atoms with Crippen molar-refractivity contribution in [2.24, 2.45) is 0 Å². The van der Waals surface area contributed by atoms with Gasteiger partial charge < -0.3 is 10.2 Å². The molecule has 0 saturated carbocycles. The van der Waals surface area contributed by atoms with Crippen LogP contribution in [0.25, 0.3) is 0 Å². The first-order valence-electron chi connectivity index (χ1n) is 8.38. The van der Waals surface area contributed by atoms with Gasteiger partial charge in [-0.15, -0.1) is 11.8 Å². The molecule has 2 amide bonds. The van der Waals surface area contributed by atoms with Crippen LogP contribution in [0.1, 0.15) is 18.1 Å². The van der Waals surface area contributed by atoms with Crippen molar-refractivity contribution in [3.05, 3.63) is 71.5 Å². The monoisotopic (exact) mass is 374 g/mol. The Bertz CT molecular complexity index is 722. The first-order valence-corrected chi connectivity index (χ1v) is 9.54. The van der Waals surface area contributed by atoms with Gasteiger partial charge >= 0.3 is 0 Å². The van der Waals surface area contributed by atoms with Crippen molar-refractivity contribution in [2.75, 3.05) is 12.8 Å². The van der Waals surface area contributed by atoms with E-state index in [2.05, 4.69) is 5.32 Å². The number of benzene rings is 2. The maximum absolute atomic E-state index is 12.9. The number of rotatable bonds is 8. The lowest BCUT2D eigenvalue weighted by Crippen LogP contribution is -2.47. The average molecular weight is 374 g/mol. The van der Waals surface area contributed by atoms with Crippen molar-refractivity contribution in [1.82, 2.24) is 10.2 Å². The van der Waals surface area contributed by atoms with Gasteiger partial charge in [0.15, 0.2) is 0 Å². The van der Waals surface area contributed by atoms with Gasteiger partial charge in [-0.2, -0.15) is 0 Å². The van der Waals surface area contributed by atoms with Gasteiger partial charge in [0.25, 0.3) is 0 Å². The summed E-state index contributed by atoms with van der Waals surface area (Å²) >= 11 is 1.45. The second-order valence-electron chi connectivity index (χ2n) is 5.92. The Labute approximate surface area is 157 Å². The van der Waals surface area contributed by atoms with Crippen LogP contribution in [0.15, 0.2) is 54.6 Å². The largest absolute Gasteiger partial charge is 0.357 e. The third-order valence-electron chi connectivity index (χ3n) is 4.02. The molecule has 0 aliphatic heterocycles. The van der Waals surface area contributed by atoms with Gasteiger partial charge in [0, 0.05) is 19.3 Å². The summed E-state index contributed by atoms with van der Waals surface area (Å²) in [7, 11) is 1.56. The number of carbonyl (C=O) groups excluding carboxylic acids is 2. The number of hydrogen-bond donors (Lipinski definition) is 1. The Morgan fingerprint density at radius 2 is 1.73 bits per heavy atom. The highest BCUT2D eigenvalue weighted by Gasteiger charge is 2.25. The second-order valence-corrected chi connectivity index (χ2v) is 6.90. The first kappa shape index (κ1) is 20.0. The Morgan fingerprint density at radius 1 is 1.08 bits per heavy atom. The van der Waals surface area contributed by atoms with Gasteiger partial charge in [-0.1, -0.05) is 42.5 Å². The molecule has 4 nitrogen and oxygen atoms in total. The van der Waals surface area contributed by atoms with Crippen LogP contribution >= 0.6 is 11.8 Å². The molecule has 0 fully saturated rings. The summed E-state index contributed by atoms with van der Waals surface area (Å²) in [6.45, 7) is 2.11. The molecule has 6 heteroatoms. The zero-order chi connectivity index (χ0) is 18.9. The summed E-state index contributed by atoms with van der Waals surface area (Å²) in [5, 5.41) is 2.60. The van der Waals surface area contributed by atoms with E-state index >= 15 is 0 Å². The Balaban J connectivity index is 1.99. The molecule has 0 radical (unpaired) electrons. The topological polar surface area (TPSA) is 49.4 Å². The van der Waals surface area contributed by atoms with E-state index in [4.69, 9.17) is 0 Å². The molecule has 0 aromatic heterocycles. The summed E-state index contributed by atoms with van der Waals surface area (Å²) in [4.78, 5) is 26.3. The van der Waals surface area contributed by atoms with Gasteiger partial charge in [-0.3, -0.25) is 9.59 Å². The maximum atomic E-state index is 12.9. The zero-order valence-electron chi connectivity index (χ0n) is 14.9. The van der Waals surface area contributed by atoms with E-state index in [-0.39, 0.29) is 23.4 Å². The van der Waals surface area contributed by atoms with Gasteiger partial charge in [0.05, 0.1) is 5.75 Å². The third kappa shape index (κ3) is 5.88. The van der Waals surface area contributed by atoms with E-state index in [9.17, 15) is 14.0 Å². The van der Waals surface area contributed by atoms with Gasteiger partial charge in [-0.05, 0) is 30.2 Å². The molecule has 26 heavy (non-hydrogen) atoms. The maximum Gasteiger partial charge on any atom is 0.242 e. The second kappa shape index (κ2) is 9.97. The summed E-state index contributed by atoms with van der Waals surface area (Å²) < 4.78 is 12.9. The molecule has 138 valence electrons. The molecule has 0 bridgehead atoms. The van der Waals surface area contributed by atoms with Crippen molar-refractivity contribution >= 4 is 23.6 Å². The molecule has 0 unspecified atom stereocenters. The summed E-state index contributed by atoms with van der Waals surface area (Å²) in [6.07, 6.45) is 0. The average Bonchev–Trinajstić information content (AvgIpc) is 2.67. The van der Waals surface area contributed by atoms with Gasteiger partial charge in [0.2, 0.25) is 11.8 Å². The van der Waals surface area contributed by atoms with Gasteiger partial charge in [0.1, 0.15) is 11.9 Å². The van der Waals surface area contributed by atoms with Crippen LogP contribution in [0.2, 0.25) is 0 Å². The fourth-order valence-electron chi connectivity index (χ4n) is 2.49. The molecular weight excluding hydrogens is 351 g/mol. The summed E-state index contributed by atoms with van der Waals surface area (Å²) in [5.74, 6) is 0.295. The number of amides is 2. The van der Waals surface area contributed by atoms with Crippen molar-refractivity contribution < 1.29 is 14.0 Å². The molecule has 2 aromatic rings. The minimum Gasteiger partial charge on any atom is -0.357 e. The Kier molecular flexibility index (Phi) is 7.66. The van der Waals surface area contributed by atoms with Crippen molar-refractivity contribution in [3.8, 4) is 0 Å². The molecule has 0 heterocycles. The molecule has 2 rings (SSSR count). The molecule has 0 aliphatic carbocycles. The molecule has 0 saturated heterocycles. The van der Waals surface area contributed by atoms with Crippen LogP contribution in [0, 0.1) is 5.82 Å². The first-order chi connectivity index (χ1) is 12.5. The minimum atomic E-state index is -0.556. The van der Waals surface area contributed by atoms with Crippen LogP contribution in [-0.2, 0) is 21.9 Å².